The Morgan fingerprint density at radius 1 is 0.900 bits per heavy atom. The van der Waals surface area contributed by atoms with Crippen molar-refractivity contribution in [3.8, 4) is 0 Å². The second-order valence-electron chi connectivity index (χ2n) is 5.65. The van der Waals surface area contributed by atoms with Gasteiger partial charge in [0, 0.05) is 11.8 Å². The third-order valence-electron chi connectivity index (χ3n) is 3.84. The third kappa shape index (κ3) is 11.7. The molecule has 0 amide bonds. The van der Waals surface area contributed by atoms with E-state index in [1.807, 2.05) is 0 Å². The fourth-order valence-corrected chi connectivity index (χ4v) is 3.25. The monoisotopic (exact) mass is 306 g/mol. The van der Waals surface area contributed by atoms with Gasteiger partial charge in [-0.3, -0.25) is 11.3 Å². The molecule has 0 aliphatic rings. The molecular formula is C15H34N2O2S. The van der Waals surface area contributed by atoms with Gasteiger partial charge < -0.3 is 0 Å². The lowest BCUT2D eigenvalue weighted by molar-refractivity contribution is 0.434. The van der Waals surface area contributed by atoms with Crippen LogP contribution >= 0.6 is 0 Å². The first-order valence-electron chi connectivity index (χ1n) is 8.22. The summed E-state index contributed by atoms with van der Waals surface area (Å²) in [6.07, 6.45) is 11.7. The molecule has 0 aromatic carbocycles. The number of hydrogen-bond donors (Lipinski definition) is 2. The van der Waals surface area contributed by atoms with Crippen molar-refractivity contribution in [2.45, 2.75) is 84.1 Å². The van der Waals surface area contributed by atoms with Crippen LogP contribution in [0.2, 0.25) is 0 Å². The quantitative estimate of drug-likeness (QED) is 0.294. The predicted octanol–water partition coefficient (Wildman–Crippen LogP) is 3.17. The summed E-state index contributed by atoms with van der Waals surface area (Å²) in [5.74, 6) is 6.07. The van der Waals surface area contributed by atoms with E-state index in [9.17, 15) is 8.42 Å². The molecule has 0 aliphatic heterocycles. The van der Waals surface area contributed by atoms with Crippen molar-refractivity contribution in [3.05, 3.63) is 0 Å². The minimum atomic E-state index is -2.83. The number of nitrogens with two attached hydrogens (primary N) is 1. The van der Waals surface area contributed by atoms with Gasteiger partial charge in [-0.05, 0) is 19.3 Å². The van der Waals surface area contributed by atoms with E-state index in [0.29, 0.717) is 12.2 Å². The van der Waals surface area contributed by atoms with Crippen LogP contribution in [0.3, 0.4) is 0 Å². The summed E-state index contributed by atoms with van der Waals surface area (Å²) in [5.41, 5.74) is 2.82. The number of sulfone groups is 1. The van der Waals surface area contributed by atoms with Crippen LogP contribution in [0, 0.1) is 0 Å². The van der Waals surface area contributed by atoms with Crippen molar-refractivity contribution in [2.75, 3.05) is 11.5 Å². The van der Waals surface area contributed by atoms with Gasteiger partial charge in [0.05, 0.1) is 5.75 Å². The molecule has 5 heteroatoms. The first kappa shape index (κ1) is 19.9. The zero-order valence-corrected chi connectivity index (χ0v) is 14.2. The Hall–Kier alpha value is -0.130. The molecule has 0 heterocycles. The molecule has 1 unspecified atom stereocenters. The highest BCUT2D eigenvalue weighted by Crippen LogP contribution is 2.12. The van der Waals surface area contributed by atoms with Crippen molar-refractivity contribution in [1.29, 1.82) is 0 Å². The topological polar surface area (TPSA) is 72.2 Å². The normalized spacial score (nSPS) is 13.6. The molecule has 122 valence electrons. The third-order valence-corrected chi connectivity index (χ3v) is 5.63. The van der Waals surface area contributed by atoms with Crippen LogP contribution in [-0.4, -0.2) is 26.0 Å². The first-order valence-corrected chi connectivity index (χ1v) is 10.0. The van der Waals surface area contributed by atoms with E-state index in [4.69, 9.17) is 5.84 Å². The maximum atomic E-state index is 11.4. The van der Waals surface area contributed by atoms with E-state index in [1.165, 1.54) is 44.9 Å². The van der Waals surface area contributed by atoms with Gasteiger partial charge in [0.1, 0.15) is 9.84 Å². The summed E-state index contributed by atoms with van der Waals surface area (Å²) in [5, 5.41) is 0. The van der Waals surface area contributed by atoms with E-state index in [1.54, 1.807) is 6.92 Å². The van der Waals surface area contributed by atoms with Crippen LogP contribution in [-0.2, 0) is 9.84 Å². The summed E-state index contributed by atoms with van der Waals surface area (Å²) in [6.45, 7) is 3.93. The molecule has 20 heavy (non-hydrogen) atoms. The summed E-state index contributed by atoms with van der Waals surface area (Å²) in [7, 11) is -2.83. The van der Waals surface area contributed by atoms with Gasteiger partial charge in [0.25, 0.3) is 0 Å². The van der Waals surface area contributed by atoms with Gasteiger partial charge in [0.15, 0.2) is 0 Å². The molecule has 0 aliphatic carbocycles. The molecular weight excluding hydrogens is 272 g/mol. The van der Waals surface area contributed by atoms with Gasteiger partial charge in [-0.25, -0.2) is 8.42 Å². The van der Waals surface area contributed by atoms with Crippen LogP contribution in [0.25, 0.3) is 0 Å². The smallest absolute Gasteiger partial charge is 0.150 e. The average Bonchev–Trinajstić information content (AvgIpc) is 2.44. The lowest BCUT2D eigenvalue weighted by atomic mass is 10.0. The number of nitrogens with one attached hydrogen (secondary N) is 1. The number of hydrazine groups is 1. The molecule has 0 fully saturated rings. The minimum Gasteiger partial charge on any atom is -0.271 e. The van der Waals surface area contributed by atoms with Crippen LogP contribution in [0.15, 0.2) is 0 Å². The highest BCUT2D eigenvalue weighted by molar-refractivity contribution is 7.91. The fraction of sp³-hybridized carbons (Fsp3) is 1.00. The number of unbranched alkanes of at least 4 members (excludes halogenated alkanes) is 6. The van der Waals surface area contributed by atoms with E-state index < -0.39 is 9.84 Å². The highest BCUT2D eigenvalue weighted by atomic mass is 32.2. The lowest BCUT2D eigenvalue weighted by Crippen LogP contribution is -2.35. The predicted molar refractivity (Wildman–Crippen MR) is 87.3 cm³/mol. The van der Waals surface area contributed by atoms with Crippen molar-refractivity contribution in [1.82, 2.24) is 5.43 Å². The maximum Gasteiger partial charge on any atom is 0.150 e. The van der Waals surface area contributed by atoms with Crippen molar-refractivity contribution in [2.24, 2.45) is 5.84 Å². The molecule has 4 nitrogen and oxygen atoms in total. The summed E-state index contributed by atoms with van der Waals surface area (Å²) in [6, 6.07) is 0.262. The van der Waals surface area contributed by atoms with Gasteiger partial charge >= 0.3 is 0 Å². The molecule has 0 saturated heterocycles. The van der Waals surface area contributed by atoms with Crippen molar-refractivity contribution in [3.63, 3.8) is 0 Å². The fourth-order valence-electron chi connectivity index (χ4n) is 2.35. The van der Waals surface area contributed by atoms with Gasteiger partial charge in [-0.1, -0.05) is 58.8 Å². The Morgan fingerprint density at radius 3 is 2.00 bits per heavy atom. The van der Waals surface area contributed by atoms with Crippen LogP contribution in [0.5, 0.6) is 0 Å². The average molecular weight is 307 g/mol. The van der Waals surface area contributed by atoms with Crippen molar-refractivity contribution < 1.29 is 8.42 Å². The maximum absolute atomic E-state index is 11.4. The zero-order chi connectivity index (χ0) is 15.3. The van der Waals surface area contributed by atoms with Crippen LogP contribution < -0.4 is 11.3 Å². The first-order chi connectivity index (χ1) is 9.55. The zero-order valence-electron chi connectivity index (χ0n) is 13.4. The Balaban J connectivity index is 3.57. The Bertz CT molecular complexity index is 305. The van der Waals surface area contributed by atoms with Crippen molar-refractivity contribution >= 4 is 9.84 Å². The van der Waals surface area contributed by atoms with E-state index in [0.717, 1.165) is 12.8 Å². The van der Waals surface area contributed by atoms with Gasteiger partial charge in [0.2, 0.25) is 0 Å². The standard InChI is InChI=1S/C15H34N2O2S/c1-3-5-6-7-8-9-10-12-15(17-16)13-11-14-20(18,19)4-2/h15,17H,3-14,16H2,1-2H3. The second kappa shape index (κ2) is 12.6. The molecule has 3 N–H and O–H groups in total. The molecule has 0 radical (unpaired) electrons. The summed E-state index contributed by atoms with van der Waals surface area (Å²) >= 11 is 0. The second-order valence-corrected chi connectivity index (χ2v) is 8.12. The van der Waals surface area contributed by atoms with Crippen LogP contribution in [0.1, 0.15) is 78.1 Å². The summed E-state index contributed by atoms with van der Waals surface area (Å²) < 4.78 is 22.8. The Morgan fingerprint density at radius 2 is 1.45 bits per heavy atom. The number of rotatable bonds is 14. The van der Waals surface area contributed by atoms with E-state index in [-0.39, 0.29) is 11.8 Å². The minimum absolute atomic E-state index is 0.242. The summed E-state index contributed by atoms with van der Waals surface area (Å²) in [4.78, 5) is 0. The Kier molecular flexibility index (Phi) is 12.5. The Labute approximate surface area is 125 Å². The highest BCUT2D eigenvalue weighted by Gasteiger charge is 2.10. The largest absolute Gasteiger partial charge is 0.271 e. The SMILES string of the molecule is CCCCCCCCCC(CCCS(=O)(=O)CC)NN. The van der Waals surface area contributed by atoms with Gasteiger partial charge in [-0.15, -0.1) is 0 Å². The van der Waals surface area contributed by atoms with Crippen LogP contribution in [0.4, 0.5) is 0 Å². The van der Waals surface area contributed by atoms with E-state index in [2.05, 4.69) is 12.3 Å². The molecule has 1 atom stereocenters. The molecule has 0 aromatic rings. The molecule has 0 spiro atoms. The molecule has 0 rings (SSSR count). The molecule has 0 saturated carbocycles. The molecule has 0 aromatic heterocycles. The van der Waals surface area contributed by atoms with Gasteiger partial charge in [-0.2, -0.15) is 0 Å². The molecule has 0 bridgehead atoms. The number of hydrogen-bond acceptors (Lipinski definition) is 4. The van der Waals surface area contributed by atoms with E-state index >= 15 is 0 Å². The lowest BCUT2D eigenvalue weighted by Gasteiger charge is -2.15.